The van der Waals surface area contributed by atoms with E-state index in [1.165, 1.54) is 10.5 Å². The van der Waals surface area contributed by atoms with Gasteiger partial charge in [0.05, 0.1) is 18.5 Å². The number of likely N-dealkylation sites (tertiary alicyclic amines) is 1. The maximum atomic E-state index is 12.6. The minimum absolute atomic E-state index is 0.0394. The predicted octanol–water partition coefficient (Wildman–Crippen LogP) is 2.59. The summed E-state index contributed by atoms with van der Waals surface area (Å²) in [6, 6.07) is 7.99. The zero-order valence-corrected chi connectivity index (χ0v) is 15.8. The second-order valence-electron chi connectivity index (χ2n) is 7.76. The highest BCUT2D eigenvalue weighted by atomic mass is 35.5. The number of halogens is 1. The van der Waals surface area contributed by atoms with Crippen LogP contribution in [0.2, 0.25) is 5.02 Å². The molecule has 2 atom stereocenters. The first kappa shape index (κ1) is 18.0. The summed E-state index contributed by atoms with van der Waals surface area (Å²) in [5.74, 6) is 0.0662. The van der Waals surface area contributed by atoms with E-state index < -0.39 is 0 Å². The van der Waals surface area contributed by atoms with Crippen LogP contribution < -0.4 is 0 Å². The van der Waals surface area contributed by atoms with Gasteiger partial charge in [0.2, 0.25) is 11.8 Å². The fourth-order valence-corrected chi connectivity index (χ4v) is 4.63. The first-order valence-electron chi connectivity index (χ1n) is 9.66. The summed E-state index contributed by atoms with van der Waals surface area (Å²) < 4.78 is 0. The Bertz CT molecular complexity index is 646. The van der Waals surface area contributed by atoms with Crippen molar-refractivity contribution < 1.29 is 9.59 Å². The maximum absolute atomic E-state index is 12.6. The zero-order chi connectivity index (χ0) is 18.1. The molecule has 26 heavy (non-hydrogen) atoms. The zero-order valence-electron chi connectivity index (χ0n) is 15.1. The quantitative estimate of drug-likeness (QED) is 0.759. The van der Waals surface area contributed by atoms with Gasteiger partial charge in [-0.25, -0.2) is 0 Å². The fraction of sp³-hybridized carbons (Fsp3) is 0.600. The average molecular weight is 376 g/mol. The highest BCUT2D eigenvalue weighted by Gasteiger charge is 2.48. The molecule has 2 amide bonds. The number of rotatable bonds is 4. The number of amides is 2. The molecule has 1 saturated carbocycles. The number of nitrogens with zero attached hydrogens (tertiary/aromatic N) is 3. The molecular weight excluding hydrogens is 350 g/mol. The summed E-state index contributed by atoms with van der Waals surface area (Å²) >= 11 is 5.94. The molecule has 4 rings (SSSR count). The number of imide groups is 1. The third-order valence-corrected chi connectivity index (χ3v) is 6.31. The van der Waals surface area contributed by atoms with Gasteiger partial charge in [-0.3, -0.25) is 24.3 Å². The molecule has 0 radical (unpaired) electrons. The summed E-state index contributed by atoms with van der Waals surface area (Å²) in [7, 11) is 0. The molecule has 0 N–H and O–H groups in total. The lowest BCUT2D eigenvalue weighted by Gasteiger charge is -2.36. The van der Waals surface area contributed by atoms with E-state index in [-0.39, 0.29) is 23.7 Å². The second-order valence-corrected chi connectivity index (χ2v) is 8.20. The average Bonchev–Trinajstić information content (AvgIpc) is 2.90. The molecule has 0 bridgehead atoms. The lowest BCUT2D eigenvalue weighted by atomic mass is 9.81. The van der Waals surface area contributed by atoms with Crippen molar-refractivity contribution in [2.75, 3.05) is 32.8 Å². The van der Waals surface area contributed by atoms with Crippen LogP contribution in [-0.4, -0.2) is 59.4 Å². The Hall–Kier alpha value is -1.43. The lowest BCUT2D eigenvalue weighted by Crippen LogP contribution is -2.51. The van der Waals surface area contributed by atoms with Crippen molar-refractivity contribution in [2.45, 2.75) is 32.2 Å². The molecule has 1 aromatic carbocycles. The molecule has 3 aliphatic rings. The van der Waals surface area contributed by atoms with Gasteiger partial charge in [0, 0.05) is 37.7 Å². The summed E-state index contributed by atoms with van der Waals surface area (Å²) in [6.45, 7) is 5.06. The van der Waals surface area contributed by atoms with E-state index in [1.807, 2.05) is 12.1 Å². The number of benzene rings is 1. The van der Waals surface area contributed by atoms with E-state index in [2.05, 4.69) is 21.9 Å². The Morgan fingerprint density at radius 1 is 0.846 bits per heavy atom. The van der Waals surface area contributed by atoms with Crippen LogP contribution in [0.25, 0.3) is 0 Å². The standard InChI is InChI=1S/C20H26ClN3O2/c21-16-7-5-15(6-8-16)13-22-9-11-23(12-10-22)14-24-19(25)17-3-1-2-4-18(17)20(24)26/h5-8,17-18H,1-4,9-14H2/t17-,18-/m1/s1. The highest BCUT2D eigenvalue weighted by Crippen LogP contribution is 2.38. The van der Waals surface area contributed by atoms with Crippen molar-refractivity contribution in [2.24, 2.45) is 11.8 Å². The predicted molar refractivity (Wildman–Crippen MR) is 100 cm³/mol. The van der Waals surface area contributed by atoms with Gasteiger partial charge in [0.1, 0.15) is 0 Å². The van der Waals surface area contributed by atoms with Crippen molar-refractivity contribution in [3.05, 3.63) is 34.9 Å². The molecule has 1 aromatic rings. The number of hydrogen-bond donors (Lipinski definition) is 0. The molecule has 0 spiro atoms. The van der Waals surface area contributed by atoms with Gasteiger partial charge in [-0.2, -0.15) is 0 Å². The molecule has 1 aliphatic carbocycles. The molecule has 2 saturated heterocycles. The van der Waals surface area contributed by atoms with Crippen molar-refractivity contribution in [1.29, 1.82) is 0 Å². The summed E-state index contributed by atoms with van der Waals surface area (Å²) in [4.78, 5) is 31.4. The first-order valence-corrected chi connectivity index (χ1v) is 10.0. The molecule has 140 valence electrons. The van der Waals surface area contributed by atoms with E-state index in [0.29, 0.717) is 6.67 Å². The van der Waals surface area contributed by atoms with Crippen molar-refractivity contribution >= 4 is 23.4 Å². The fourth-order valence-electron chi connectivity index (χ4n) is 4.51. The van der Waals surface area contributed by atoms with Gasteiger partial charge in [-0.15, -0.1) is 0 Å². The molecule has 5 nitrogen and oxygen atoms in total. The van der Waals surface area contributed by atoms with Crippen LogP contribution in [-0.2, 0) is 16.1 Å². The van der Waals surface area contributed by atoms with Crippen LogP contribution in [0.15, 0.2) is 24.3 Å². The van der Waals surface area contributed by atoms with Crippen molar-refractivity contribution in [3.63, 3.8) is 0 Å². The van der Waals surface area contributed by atoms with Crippen molar-refractivity contribution in [3.8, 4) is 0 Å². The Morgan fingerprint density at radius 2 is 1.38 bits per heavy atom. The van der Waals surface area contributed by atoms with E-state index in [9.17, 15) is 9.59 Å². The Morgan fingerprint density at radius 3 is 1.96 bits per heavy atom. The topological polar surface area (TPSA) is 43.9 Å². The van der Waals surface area contributed by atoms with Crippen LogP contribution >= 0.6 is 11.6 Å². The number of piperazine rings is 1. The van der Waals surface area contributed by atoms with Gasteiger partial charge < -0.3 is 0 Å². The Kier molecular flexibility index (Phi) is 5.30. The Balaban J connectivity index is 1.29. The summed E-state index contributed by atoms with van der Waals surface area (Å²) in [6.07, 6.45) is 3.94. The first-order chi connectivity index (χ1) is 12.6. The molecule has 3 fully saturated rings. The molecule has 0 unspecified atom stereocenters. The van der Waals surface area contributed by atoms with Gasteiger partial charge in [0.25, 0.3) is 0 Å². The Labute approximate surface area is 159 Å². The second kappa shape index (κ2) is 7.67. The van der Waals surface area contributed by atoms with Gasteiger partial charge >= 0.3 is 0 Å². The molecule has 2 aliphatic heterocycles. The lowest BCUT2D eigenvalue weighted by molar-refractivity contribution is -0.142. The van der Waals surface area contributed by atoms with Crippen LogP contribution in [0.5, 0.6) is 0 Å². The maximum Gasteiger partial charge on any atom is 0.234 e. The van der Waals surface area contributed by atoms with Crippen LogP contribution in [0.1, 0.15) is 31.2 Å². The van der Waals surface area contributed by atoms with E-state index in [0.717, 1.165) is 63.4 Å². The molecule has 6 heteroatoms. The smallest absolute Gasteiger partial charge is 0.234 e. The third kappa shape index (κ3) is 3.66. The minimum Gasteiger partial charge on any atom is -0.297 e. The third-order valence-electron chi connectivity index (χ3n) is 6.06. The van der Waals surface area contributed by atoms with Gasteiger partial charge in [-0.1, -0.05) is 36.6 Å². The SMILES string of the molecule is O=C1[C@@H]2CCCC[C@H]2C(=O)N1CN1CCN(Cc2ccc(Cl)cc2)CC1. The summed E-state index contributed by atoms with van der Waals surface area (Å²) in [5.41, 5.74) is 1.26. The van der Waals surface area contributed by atoms with Crippen LogP contribution in [0, 0.1) is 11.8 Å². The molecular formula is C20H26ClN3O2. The van der Waals surface area contributed by atoms with E-state index in [4.69, 9.17) is 11.6 Å². The van der Waals surface area contributed by atoms with Gasteiger partial charge in [-0.05, 0) is 30.5 Å². The van der Waals surface area contributed by atoms with Crippen molar-refractivity contribution in [1.82, 2.24) is 14.7 Å². The van der Waals surface area contributed by atoms with Gasteiger partial charge in [0.15, 0.2) is 0 Å². The monoisotopic (exact) mass is 375 g/mol. The minimum atomic E-state index is -0.0394. The molecule has 2 heterocycles. The highest BCUT2D eigenvalue weighted by molar-refractivity contribution is 6.30. The number of carbonyl (C=O) groups is 2. The summed E-state index contributed by atoms with van der Waals surface area (Å²) in [5, 5.41) is 0.763. The largest absolute Gasteiger partial charge is 0.297 e. The van der Waals surface area contributed by atoms with E-state index >= 15 is 0 Å². The van der Waals surface area contributed by atoms with Crippen LogP contribution in [0.4, 0.5) is 0 Å². The molecule has 0 aromatic heterocycles. The van der Waals surface area contributed by atoms with Crippen LogP contribution in [0.3, 0.4) is 0 Å². The number of fused-ring (bicyclic) bond motifs is 1. The normalized spacial score (nSPS) is 27.8. The number of hydrogen-bond acceptors (Lipinski definition) is 4. The van der Waals surface area contributed by atoms with E-state index in [1.54, 1.807) is 0 Å². The number of carbonyl (C=O) groups excluding carboxylic acids is 2.